The van der Waals surface area contributed by atoms with Crippen LogP contribution in [0.2, 0.25) is 0 Å². The van der Waals surface area contributed by atoms with Gasteiger partial charge in [0, 0.05) is 19.3 Å². The van der Waals surface area contributed by atoms with Crippen molar-refractivity contribution >= 4 is 32.9 Å². The SMILES string of the molecule is O=C1CSC(=O)N1CCNS(=O)(=O)c1ncccc1F. The number of aromatic nitrogens is 1. The Balaban J connectivity index is 1.99. The number of sulfonamides is 1. The molecule has 20 heavy (non-hydrogen) atoms. The summed E-state index contributed by atoms with van der Waals surface area (Å²) in [5, 5.41) is -1.13. The smallest absolute Gasteiger partial charge is 0.273 e. The van der Waals surface area contributed by atoms with E-state index in [0.717, 1.165) is 28.9 Å². The number of imide groups is 1. The summed E-state index contributed by atoms with van der Waals surface area (Å²) in [5.74, 6) is -1.28. The van der Waals surface area contributed by atoms with Crippen LogP contribution in [0.25, 0.3) is 0 Å². The molecule has 1 aliphatic rings. The van der Waals surface area contributed by atoms with E-state index in [4.69, 9.17) is 0 Å². The Morgan fingerprint density at radius 1 is 1.45 bits per heavy atom. The average molecular weight is 319 g/mol. The third-order valence-electron chi connectivity index (χ3n) is 2.45. The van der Waals surface area contributed by atoms with Crippen molar-refractivity contribution in [2.24, 2.45) is 0 Å². The fraction of sp³-hybridized carbons (Fsp3) is 0.300. The number of nitrogens with zero attached hydrogens (tertiary/aromatic N) is 2. The molecule has 0 aromatic carbocycles. The molecule has 2 heterocycles. The average Bonchev–Trinajstić information content (AvgIpc) is 2.70. The highest BCUT2D eigenvalue weighted by Crippen LogP contribution is 2.18. The number of hydrogen-bond donors (Lipinski definition) is 1. The van der Waals surface area contributed by atoms with Gasteiger partial charge in [0.25, 0.3) is 15.3 Å². The first-order valence-electron chi connectivity index (χ1n) is 5.49. The van der Waals surface area contributed by atoms with E-state index in [-0.39, 0.29) is 24.7 Å². The predicted octanol–water partition coefficient (Wildman–Crippen LogP) is 0.194. The summed E-state index contributed by atoms with van der Waals surface area (Å²) in [5.41, 5.74) is 0. The second kappa shape index (κ2) is 5.85. The zero-order valence-corrected chi connectivity index (χ0v) is 11.7. The van der Waals surface area contributed by atoms with Crippen LogP contribution in [0.1, 0.15) is 0 Å². The summed E-state index contributed by atoms with van der Waals surface area (Å²) in [6, 6.07) is 2.25. The molecule has 1 aromatic heterocycles. The fourth-order valence-corrected chi connectivity index (χ4v) is 3.30. The largest absolute Gasteiger partial charge is 0.288 e. The summed E-state index contributed by atoms with van der Waals surface area (Å²) in [7, 11) is -4.11. The van der Waals surface area contributed by atoms with Crippen molar-refractivity contribution in [1.29, 1.82) is 0 Å². The maximum absolute atomic E-state index is 13.3. The molecule has 1 aromatic rings. The molecule has 1 saturated heterocycles. The van der Waals surface area contributed by atoms with Crippen LogP contribution in [0, 0.1) is 5.82 Å². The van der Waals surface area contributed by atoms with Gasteiger partial charge in [0.15, 0.2) is 5.82 Å². The lowest BCUT2D eigenvalue weighted by molar-refractivity contribution is -0.124. The van der Waals surface area contributed by atoms with E-state index < -0.39 is 26.1 Å². The third kappa shape index (κ3) is 3.14. The molecule has 0 aliphatic carbocycles. The molecule has 10 heteroatoms. The highest BCUT2D eigenvalue weighted by atomic mass is 32.2. The number of amides is 2. The number of carbonyl (C=O) groups excluding carboxylic acids is 2. The molecule has 0 unspecified atom stereocenters. The number of halogens is 1. The van der Waals surface area contributed by atoms with Crippen molar-refractivity contribution in [3.8, 4) is 0 Å². The second-order valence-electron chi connectivity index (χ2n) is 3.79. The number of carbonyl (C=O) groups is 2. The van der Waals surface area contributed by atoms with Crippen LogP contribution in [0.3, 0.4) is 0 Å². The van der Waals surface area contributed by atoms with Crippen LogP contribution in [-0.2, 0) is 14.8 Å². The van der Waals surface area contributed by atoms with Gasteiger partial charge in [-0.05, 0) is 12.1 Å². The van der Waals surface area contributed by atoms with Crippen molar-refractivity contribution < 1.29 is 22.4 Å². The van der Waals surface area contributed by atoms with E-state index in [1.54, 1.807) is 0 Å². The van der Waals surface area contributed by atoms with E-state index in [1.165, 1.54) is 6.07 Å². The van der Waals surface area contributed by atoms with E-state index in [2.05, 4.69) is 9.71 Å². The molecular formula is C10H10FN3O4S2. The molecule has 0 radical (unpaired) electrons. The molecule has 1 N–H and O–H groups in total. The topological polar surface area (TPSA) is 96.4 Å². The number of hydrogen-bond acceptors (Lipinski definition) is 6. The van der Waals surface area contributed by atoms with Crippen LogP contribution in [0.5, 0.6) is 0 Å². The van der Waals surface area contributed by atoms with Crippen molar-refractivity contribution in [3.05, 3.63) is 24.1 Å². The van der Waals surface area contributed by atoms with Gasteiger partial charge in [-0.3, -0.25) is 14.5 Å². The maximum Gasteiger partial charge on any atom is 0.288 e. The standard InChI is InChI=1S/C10H10FN3O4S2/c11-7-2-1-3-12-9(7)20(17,18)13-4-5-14-8(15)6-19-10(14)16/h1-3,13H,4-6H2. The first kappa shape index (κ1) is 14.9. The van der Waals surface area contributed by atoms with E-state index in [9.17, 15) is 22.4 Å². The van der Waals surface area contributed by atoms with E-state index in [0.29, 0.717) is 0 Å². The molecule has 0 spiro atoms. The lowest BCUT2D eigenvalue weighted by atomic mass is 10.5. The number of rotatable bonds is 5. The zero-order chi connectivity index (χ0) is 14.8. The lowest BCUT2D eigenvalue weighted by Crippen LogP contribution is -2.37. The first-order chi connectivity index (χ1) is 9.42. The van der Waals surface area contributed by atoms with Gasteiger partial charge in [0.1, 0.15) is 0 Å². The Labute approximate surface area is 118 Å². The van der Waals surface area contributed by atoms with Crippen LogP contribution in [0.4, 0.5) is 9.18 Å². The van der Waals surface area contributed by atoms with Crippen LogP contribution >= 0.6 is 11.8 Å². The number of nitrogens with one attached hydrogen (secondary N) is 1. The minimum absolute atomic E-state index is 0.0560. The first-order valence-corrected chi connectivity index (χ1v) is 7.96. The molecule has 0 saturated carbocycles. The molecule has 2 rings (SSSR count). The normalized spacial score (nSPS) is 15.9. The van der Waals surface area contributed by atoms with Gasteiger partial charge >= 0.3 is 0 Å². The summed E-state index contributed by atoms with van der Waals surface area (Å²) >= 11 is 0.858. The highest BCUT2D eigenvalue weighted by molar-refractivity contribution is 8.14. The molecule has 0 bridgehead atoms. The molecule has 1 aliphatic heterocycles. The van der Waals surface area contributed by atoms with Crippen molar-refractivity contribution in [1.82, 2.24) is 14.6 Å². The van der Waals surface area contributed by atoms with Crippen LogP contribution < -0.4 is 4.72 Å². The maximum atomic E-state index is 13.3. The van der Waals surface area contributed by atoms with Gasteiger partial charge in [0.05, 0.1) is 5.75 Å². The monoisotopic (exact) mass is 319 g/mol. The van der Waals surface area contributed by atoms with Gasteiger partial charge in [-0.2, -0.15) is 0 Å². The minimum Gasteiger partial charge on any atom is -0.273 e. The Hall–Kier alpha value is -1.52. The minimum atomic E-state index is -4.11. The summed E-state index contributed by atoms with van der Waals surface area (Å²) < 4.78 is 39.0. The summed E-state index contributed by atoms with van der Waals surface area (Å²) in [6.45, 7) is -0.297. The fourth-order valence-electron chi connectivity index (χ4n) is 1.53. The molecule has 1 fully saturated rings. The third-order valence-corrected chi connectivity index (χ3v) is 4.70. The number of pyridine rings is 1. The Morgan fingerprint density at radius 2 is 2.20 bits per heavy atom. The van der Waals surface area contributed by atoms with Crippen molar-refractivity contribution in [3.63, 3.8) is 0 Å². The van der Waals surface area contributed by atoms with Crippen molar-refractivity contribution in [2.45, 2.75) is 5.03 Å². The zero-order valence-electron chi connectivity index (χ0n) is 10.1. The van der Waals surface area contributed by atoms with Gasteiger partial charge in [-0.25, -0.2) is 22.5 Å². The predicted molar refractivity (Wildman–Crippen MR) is 69.0 cm³/mol. The van der Waals surface area contributed by atoms with Crippen molar-refractivity contribution in [2.75, 3.05) is 18.8 Å². The summed E-state index contributed by atoms with van der Waals surface area (Å²) in [6.07, 6.45) is 1.15. The van der Waals surface area contributed by atoms with Crippen LogP contribution in [-0.4, -0.2) is 48.3 Å². The van der Waals surface area contributed by atoms with E-state index >= 15 is 0 Å². The van der Waals surface area contributed by atoms with Gasteiger partial charge < -0.3 is 0 Å². The Morgan fingerprint density at radius 3 is 2.80 bits per heavy atom. The lowest BCUT2D eigenvalue weighted by Gasteiger charge is -2.13. The number of thioether (sulfide) groups is 1. The van der Waals surface area contributed by atoms with Gasteiger partial charge in [-0.1, -0.05) is 11.8 Å². The van der Waals surface area contributed by atoms with Gasteiger partial charge in [-0.15, -0.1) is 0 Å². The van der Waals surface area contributed by atoms with Gasteiger partial charge in [0.2, 0.25) is 10.9 Å². The Kier molecular flexibility index (Phi) is 4.35. The van der Waals surface area contributed by atoms with E-state index in [1.807, 2.05) is 0 Å². The summed E-state index contributed by atoms with van der Waals surface area (Å²) in [4.78, 5) is 27.0. The second-order valence-corrected chi connectivity index (χ2v) is 6.40. The molecule has 2 amide bonds. The molecular weight excluding hydrogens is 309 g/mol. The Bertz CT molecular complexity index is 634. The van der Waals surface area contributed by atoms with Crippen LogP contribution in [0.15, 0.2) is 23.4 Å². The molecule has 0 atom stereocenters. The quantitative estimate of drug-likeness (QED) is 0.832. The molecule has 108 valence electrons. The molecule has 7 nitrogen and oxygen atoms in total. The highest BCUT2D eigenvalue weighted by Gasteiger charge is 2.30.